The maximum absolute atomic E-state index is 12.4. The van der Waals surface area contributed by atoms with Crippen molar-refractivity contribution in [2.75, 3.05) is 6.16 Å². The van der Waals surface area contributed by atoms with Gasteiger partial charge in [0.2, 0.25) is 0 Å². The second-order valence-corrected chi connectivity index (χ2v) is 5.58. The lowest BCUT2D eigenvalue weighted by Crippen LogP contribution is -2.52. The Hall–Kier alpha value is -0.650. The molecule has 2 nitrogen and oxygen atoms in total. The summed E-state index contributed by atoms with van der Waals surface area (Å²) in [5.74, 6) is -14.4. The molecule has 140 valence electrons. The first-order chi connectivity index (χ1) is 9.79. The zero-order valence-electron chi connectivity index (χ0n) is 10.3. The van der Waals surface area contributed by atoms with Gasteiger partial charge in [-0.1, -0.05) is 0 Å². The van der Waals surface area contributed by atoms with Crippen LogP contribution in [0.3, 0.4) is 0 Å². The summed E-state index contributed by atoms with van der Waals surface area (Å²) in [6.45, 7) is 0. The van der Waals surface area contributed by atoms with E-state index in [0.717, 1.165) is 0 Å². The highest BCUT2D eigenvalue weighted by Gasteiger charge is 2.70. The van der Waals surface area contributed by atoms with Crippen molar-refractivity contribution in [1.29, 1.82) is 0 Å². The molecular weight excluding hydrogens is 387 g/mol. The second-order valence-electron chi connectivity index (χ2n) is 4.38. The molecule has 0 spiro atoms. The van der Waals surface area contributed by atoms with Crippen molar-refractivity contribution in [3.05, 3.63) is 0 Å². The minimum atomic E-state index is -6.53. The molecule has 0 amide bonds. The molecular formula is C8H7F12O2P. The molecule has 0 aliphatic heterocycles. The molecule has 0 bridgehead atoms. The third-order valence-electron chi connectivity index (χ3n) is 2.68. The molecule has 0 saturated heterocycles. The zero-order chi connectivity index (χ0) is 19.0. The lowest BCUT2D eigenvalue weighted by molar-refractivity contribution is -0.344. The van der Waals surface area contributed by atoms with E-state index in [4.69, 9.17) is 4.89 Å². The normalized spacial score (nSPS) is 16.5. The van der Waals surface area contributed by atoms with Crippen LogP contribution in [0.1, 0.15) is 0 Å². The second kappa shape index (κ2) is 6.69. The van der Waals surface area contributed by atoms with Crippen molar-refractivity contribution < 1.29 is 62.1 Å². The molecule has 1 N–H and O–H groups in total. The number of alkyl halides is 12. The maximum atomic E-state index is 12.4. The molecule has 0 radical (unpaired) electrons. The SMILES string of the molecule is O=[PH](O)CC(C(C(F)(F)F)C(F)(F)F)C(C(F)(F)F)C(F)(F)F. The molecule has 1 atom stereocenters. The van der Waals surface area contributed by atoms with E-state index in [2.05, 4.69) is 0 Å². The highest BCUT2D eigenvalue weighted by molar-refractivity contribution is 7.38. The number of hydrogen-bond donors (Lipinski definition) is 1. The average Bonchev–Trinajstić information content (AvgIpc) is 2.04. The Balaban J connectivity index is 6.33. The van der Waals surface area contributed by atoms with E-state index in [0.29, 0.717) is 0 Å². The molecule has 0 aromatic heterocycles. The predicted octanol–water partition coefficient (Wildman–Crippen LogP) is 4.55. The first-order valence-electron chi connectivity index (χ1n) is 5.28. The number of rotatable bonds is 4. The van der Waals surface area contributed by atoms with Gasteiger partial charge in [-0.2, -0.15) is 52.7 Å². The summed E-state index contributed by atoms with van der Waals surface area (Å²) in [5, 5.41) is 0. The van der Waals surface area contributed by atoms with Crippen LogP contribution in [-0.2, 0) is 4.57 Å². The molecule has 0 aromatic rings. The largest absolute Gasteiger partial charge is 0.400 e. The summed E-state index contributed by atoms with van der Waals surface area (Å²) in [6, 6.07) is 0. The van der Waals surface area contributed by atoms with Crippen molar-refractivity contribution in [2.45, 2.75) is 24.7 Å². The van der Waals surface area contributed by atoms with Gasteiger partial charge in [-0.05, 0) is 0 Å². The molecule has 0 saturated carbocycles. The van der Waals surface area contributed by atoms with Gasteiger partial charge in [0.05, 0.1) is 0 Å². The van der Waals surface area contributed by atoms with Crippen molar-refractivity contribution in [3.8, 4) is 0 Å². The Labute approximate surface area is 120 Å². The van der Waals surface area contributed by atoms with E-state index in [1.807, 2.05) is 0 Å². The fourth-order valence-electron chi connectivity index (χ4n) is 1.97. The molecule has 15 heteroatoms. The minimum absolute atomic E-state index is 2.45. The molecule has 1 unspecified atom stereocenters. The Morgan fingerprint density at radius 3 is 1.00 bits per heavy atom. The molecule has 0 aliphatic rings. The predicted molar refractivity (Wildman–Crippen MR) is 50.8 cm³/mol. The van der Waals surface area contributed by atoms with Crippen LogP contribution in [0.4, 0.5) is 52.7 Å². The molecule has 23 heavy (non-hydrogen) atoms. The van der Waals surface area contributed by atoms with Crippen molar-refractivity contribution >= 4 is 8.03 Å². The van der Waals surface area contributed by atoms with Gasteiger partial charge in [0.15, 0.2) is 19.9 Å². The molecule has 0 fully saturated rings. The zero-order valence-corrected chi connectivity index (χ0v) is 11.3. The Morgan fingerprint density at radius 1 is 0.652 bits per heavy atom. The van der Waals surface area contributed by atoms with E-state index in [-0.39, 0.29) is 0 Å². The van der Waals surface area contributed by atoms with Gasteiger partial charge in [0, 0.05) is 12.1 Å². The summed E-state index contributed by atoms with van der Waals surface area (Å²) in [4.78, 5) is 8.36. The van der Waals surface area contributed by atoms with Crippen LogP contribution in [0.25, 0.3) is 0 Å². The van der Waals surface area contributed by atoms with Crippen molar-refractivity contribution in [2.24, 2.45) is 17.8 Å². The Bertz CT molecular complexity index is 359. The molecule has 0 aliphatic carbocycles. The maximum Gasteiger partial charge on any atom is 0.400 e. The first kappa shape index (κ1) is 22.4. The average molecular weight is 394 g/mol. The van der Waals surface area contributed by atoms with E-state index in [9.17, 15) is 57.3 Å². The van der Waals surface area contributed by atoms with Crippen LogP contribution in [0.15, 0.2) is 0 Å². The standard InChI is InChI=1S/C8H7F12O2P/c9-5(10,11)3(6(12,13)14)2(1-23(21)22)4(7(15,16)17)8(18,19)20/h2-4,23H,1H2,(H,21,22). The molecule has 0 aromatic carbocycles. The fourth-order valence-corrected chi connectivity index (χ4v) is 2.85. The highest BCUT2D eigenvalue weighted by Crippen LogP contribution is 2.54. The Kier molecular flexibility index (Phi) is 6.50. The first-order valence-corrected chi connectivity index (χ1v) is 6.84. The van der Waals surface area contributed by atoms with Gasteiger partial charge in [0.25, 0.3) is 0 Å². The highest BCUT2D eigenvalue weighted by atomic mass is 31.1. The minimum Gasteiger partial charge on any atom is -0.346 e. The van der Waals surface area contributed by atoms with Crippen LogP contribution in [0.5, 0.6) is 0 Å². The van der Waals surface area contributed by atoms with Crippen LogP contribution < -0.4 is 0 Å². The lowest BCUT2D eigenvalue weighted by atomic mass is 9.80. The van der Waals surface area contributed by atoms with Crippen molar-refractivity contribution in [3.63, 3.8) is 0 Å². The molecule has 0 heterocycles. The fraction of sp³-hybridized carbons (Fsp3) is 1.00. The summed E-state index contributed by atoms with van der Waals surface area (Å²) in [7, 11) is -4.51. The van der Waals surface area contributed by atoms with Crippen LogP contribution in [-0.4, -0.2) is 35.8 Å². The number of hydrogen-bond acceptors (Lipinski definition) is 1. The van der Waals surface area contributed by atoms with Crippen LogP contribution >= 0.6 is 8.03 Å². The monoisotopic (exact) mass is 394 g/mol. The van der Waals surface area contributed by atoms with Gasteiger partial charge in [-0.3, -0.25) is 4.57 Å². The summed E-state index contributed by atoms with van der Waals surface area (Å²) < 4.78 is 160. The van der Waals surface area contributed by atoms with E-state index >= 15 is 0 Å². The lowest BCUT2D eigenvalue weighted by Gasteiger charge is -2.36. The number of halogens is 12. The third kappa shape index (κ3) is 6.40. The van der Waals surface area contributed by atoms with E-state index in [1.165, 1.54) is 0 Å². The Morgan fingerprint density at radius 2 is 0.870 bits per heavy atom. The van der Waals surface area contributed by atoms with Gasteiger partial charge >= 0.3 is 24.7 Å². The van der Waals surface area contributed by atoms with E-state index < -0.39 is 56.6 Å². The van der Waals surface area contributed by atoms with Crippen molar-refractivity contribution in [1.82, 2.24) is 0 Å². The van der Waals surface area contributed by atoms with Crippen LogP contribution in [0, 0.1) is 17.8 Å². The summed E-state index contributed by atoms with van der Waals surface area (Å²) in [5.41, 5.74) is 0. The van der Waals surface area contributed by atoms with Gasteiger partial charge in [0.1, 0.15) is 0 Å². The summed E-state index contributed by atoms with van der Waals surface area (Å²) in [6.07, 6.45) is -28.6. The van der Waals surface area contributed by atoms with Gasteiger partial charge < -0.3 is 4.89 Å². The van der Waals surface area contributed by atoms with Gasteiger partial charge in [-0.15, -0.1) is 0 Å². The molecule has 0 rings (SSSR count). The quantitative estimate of drug-likeness (QED) is 0.561. The van der Waals surface area contributed by atoms with Crippen LogP contribution in [0.2, 0.25) is 0 Å². The smallest absolute Gasteiger partial charge is 0.346 e. The topological polar surface area (TPSA) is 37.3 Å². The van der Waals surface area contributed by atoms with E-state index in [1.54, 1.807) is 0 Å². The summed E-state index contributed by atoms with van der Waals surface area (Å²) >= 11 is 0. The third-order valence-corrected chi connectivity index (χ3v) is 3.50. The van der Waals surface area contributed by atoms with Gasteiger partial charge in [-0.25, -0.2) is 0 Å².